The minimum absolute atomic E-state index is 0.124. The van der Waals surface area contributed by atoms with Gasteiger partial charge in [-0.2, -0.15) is 4.98 Å². The van der Waals surface area contributed by atoms with Crippen molar-refractivity contribution in [3.63, 3.8) is 0 Å². The minimum Gasteiger partial charge on any atom is -0.481 e. The van der Waals surface area contributed by atoms with Crippen molar-refractivity contribution >= 4 is 5.97 Å². The summed E-state index contributed by atoms with van der Waals surface area (Å²) in [6.45, 7) is 6.61. The molecule has 1 aromatic heterocycles. The van der Waals surface area contributed by atoms with Crippen molar-refractivity contribution in [2.75, 3.05) is 0 Å². The molecule has 6 heteroatoms. The molecule has 112 valence electrons. The lowest BCUT2D eigenvalue weighted by Gasteiger charge is -2.26. The van der Waals surface area contributed by atoms with Crippen LogP contribution in [0, 0.1) is 5.92 Å². The van der Waals surface area contributed by atoms with Gasteiger partial charge in [-0.05, 0) is 19.3 Å². The average Bonchev–Trinajstić information content (AvgIpc) is 2.85. The van der Waals surface area contributed by atoms with Gasteiger partial charge in [0, 0.05) is 11.5 Å². The lowest BCUT2D eigenvalue weighted by molar-refractivity contribution is -0.143. The van der Waals surface area contributed by atoms with E-state index in [0.717, 1.165) is 19.3 Å². The summed E-state index contributed by atoms with van der Waals surface area (Å²) >= 11 is 0. The maximum absolute atomic E-state index is 11.0. The highest BCUT2D eigenvalue weighted by atomic mass is 16.5. The molecule has 1 fully saturated rings. The first-order valence-corrected chi connectivity index (χ1v) is 7.15. The lowest BCUT2D eigenvalue weighted by atomic mass is 9.86. The Bertz CT molecular complexity index is 464. The van der Waals surface area contributed by atoms with E-state index in [1.165, 1.54) is 0 Å². The normalized spacial score (nSPS) is 23.8. The van der Waals surface area contributed by atoms with Gasteiger partial charge in [-0.15, -0.1) is 0 Å². The van der Waals surface area contributed by atoms with Gasteiger partial charge in [-0.3, -0.25) is 4.79 Å². The predicted octanol–water partition coefficient (Wildman–Crippen LogP) is 2.10. The second-order valence-corrected chi connectivity index (χ2v) is 6.54. The average molecular weight is 281 g/mol. The Morgan fingerprint density at radius 3 is 2.80 bits per heavy atom. The zero-order valence-electron chi connectivity index (χ0n) is 12.3. The lowest BCUT2D eigenvalue weighted by Crippen LogP contribution is -2.36. The van der Waals surface area contributed by atoms with Crippen LogP contribution in [0.3, 0.4) is 0 Å². The van der Waals surface area contributed by atoms with Gasteiger partial charge in [0.2, 0.25) is 5.89 Å². The predicted molar refractivity (Wildman–Crippen MR) is 73.2 cm³/mol. The molecule has 20 heavy (non-hydrogen) atoms. The number of carboxylic acids is 1. The van der Waals surface area contributed by atoms with Crippen molar-refractivity contribution in [3.05, 3.63) is 11.7 Å². The molecule has 1 aliphatic carbocycles. The summed E-state index contributed by atoms with van der Waals surface area (Å²) in [6, 6.07) is 0.217. The smallest absolute Gasteiger partial charge is 0.306 e. The standard InChI is InChI=1S/C14H23N3O3/c1-14(2,3)13-16-11(20-17-13)8-15-10-6-4-5-9(7-10)12(18)19/h9-10,15H,4-8H2,1-3H3,(H,18,19). The van der Waals surface area contributed by atoms with Crippen LogP contribution in [0.15, 0.2) is 4.52 Å². The van der Waals surface area contributed by atoms with Crippen molar-refractivity contribution in [2.24, 2.45) is 5.92 Å². The topological polar surface area (TPSA) is 88.2 Å². The summed E-state index contributed by atoms with van der Waals surface area (Å²) in [5, 5.41) is 16.4. The fourth-order valence-corrected chi connectivity index (χ4v) is 2.46. The van der Waals surface area contributed by atoms with Crippen LogP contribution in [-0.4, -0.2) is 27.3 Å². The van der Waals surface area contributed by atoms with E-state index in [0.29, 0.717) is 24.7 Å². The van der Waals surface area contributed by atoms with E-state index in [1.54, 1.807) is 0 Å². The van der Waals surface area contributed by atoms with Crippen LogP contribution in [0.1, 0.15) is 58.2 Å². The molecule has 0 saturated heterocycles. The second kappa shape index (κ2) is 5.91. The van der Waals surface area contributed by atoms with Gasteiger partial charge >= 0.3 is 5.97 Å². The number of carbonyl (C=O) groups is 1. The summed E-state index contributed by atoms with van der Waals surface area (Å²) < 4.78 is 5.22. The van der Waals surface area contributed by atoms with E-state index in [2.05, 4.69) is 15.5 Å². The van der Waals surface area contributed by atoms with E-state index >= 15 is 0 Å². The van der Waals surface area contributed by atoms with E-state index in [9.17, 15) is 4.79 Å². The summed E-state index contributed by atoms with van der Waals surface area (Å²) in [6.07, 6.45) is 3.41. The molecule has 0 spiro atoms. The fourth-order valence-electron chi connectivity index (χ4n) is 2.46. The van der Waals surface area contributed by atoms with Gasteiger partial charge in [0.05, 0.1) is 12.5 Å². The molecule has 2 unspecified atom stereocenters. The molecule has 1 heterocycles. The Kier molecular flexibility index (Phi) is 4.42. The highest BCUT2D eigenvalue weighted by Crippen LogP contribution is 2.25. The molecule has 2 rings (SSSR count). The van der Waals surface area contributed by atoms with E-state index in [-0.39, 0.29) is 17.4 Å². The Balaban J connectivity index is 1.86. The van der Waals surface area contributed by atoms with Gasteiger partial charge in [-0.25, -0.2) is 0 Å². The third-order valence-corrected chi connectivity index (χ3v) is 3.70. The molecular weight excluding hydrogens is 258 g/mol. The number of nitrogens with zero attached hydrogens (tertiary/aromatic N) is 2. The molecule has 2 N–H and O–H groups in total. The molecule has 0 bridgehead atoms. The Morgan fingerprint density at radius 1 is 1.45 bits per heavy atom. The second-order valence-electron chi connectivity index (χ2n) is 6.54. The maximum Gasteiger partial charge on any atom is 0.306 e. The number of hydrogen-bond donors (Lipinski definition) is 2. The summed E-state index contributed by atoms with van der Waals surface area (Å²) in [5.41, 5.74) is -0.124. The van der Waals surface area contributed by atoms with Crippen LogP contribution >= 0.6 is 0 Å². The first kappa shape index (κ1) is 15.0. The molecule has 2 atom stereocenters. The fraction of sp³-hybridized carbons (Fsp3) is 0.786. The van der Waals surface area contributed by atoms with Gasteiger partial charge < -0.3 is 14.9 Å². The van der Waals surface area contributed by atoms with Gasteiger partial charge in [0.1, 0.15) is 0 Å². The van der Waals surface area contributed by atoms with Crippen LogP contribution in [0.5, 0.6) is 0 Å². The monoisotopic (exact) mass is 281 g/mol. The van der Waals surface area contributed by atoms with Crippen LogP contribution < -0.4 is 5.32 Å². The first-order valence-electron chi connectivity index (χ1n) is 7.15. The molecule has 1 aliphatic rings. The number of aromatic nitrogens is 2. The third kappa shape index (κ3) is 3.79. The summed E-state index contributed by atoms with van der Waals surface area (Å²) in [7, 11) is 0. The number of carboxylic acid groups (broad SMARTS) is 1. The highest BCUT2D eigenvalue weighted by molar-refractivity contribution is 5.70. The SMILES string of the molecule is CC(C)(C)c1noc(CNC2CCCC(C(=O)O)C2)n1. The summed E-state index contributed by atoms with van der Waals surface area (Å²) in [5.74, 6) is 0.340. The molecule has 6 nitrogen and oxygen atoms in total. The zero-order valence-corrected chi connectivity index (χ0v) is 12.3. The van der Waals surface area contributed by atoms with Gasteiger partial charge in [0.15, 0.2) is 5.82 Å². The molecule has 0 radical (unpaired) electrons. The number of nitrogens with one attached hydrogen (secondary N) is 1. The minimum atomic E-state index is -0.690. The maximum atomic E-state index is 11.0. The Labute approximate surface area is 118 Å². The number of rotatable bonds is 4. The van der Waals surface area contributed by atoms with Crippen molar-refractivity contribution in [2.45, 2.75) is 64.5 Å². The Hall–Kier alpha value is -1.43. The molecule has 0 aromatic carbocycles. The van der Waals surface area contributed by atoms with Crippen molar-refractivity contribution in [1.29, 1.82) is 0 Å². The highest BCUT2D eigenvalue weighted by Gasteiger charge is 2.27. The largest absolute Gasteiger partial charge is 0.481 e. The quantitative estimate of drug-likeness (QED) is 0.878. The van der Waals surface area contributed by atoms with Gasteiger partial charge in [-0.1, -0.05) is 32.3 Å². The third-order valence-electron chi connectivity index (χ3n) is 3.70. The zero-order chi connectivity index (χ0) is 14.8. The molecule has 1 aromatic rings. The van der Waals surface area contributed by atoms with Crippen molar-refractivity contribution < 1.29 is 14.4 Å². The van der Waals surface area contributed by atoms with E-state index < -0.39 is 5.97 Å². The first-order chi connectivity index (χ1) is 9.36. The molecule has 0 aliphatic heterocycles. The van der Waals surface area contributed by atoms with Gasteiger partial charge in [0.25, 0.3) is 0 Å². The molecule has 1 saturated carbocycles. The van der Waals surface area contributed by atoms with Crippen molar-refractivity contribution in [3.8, 4) is 0 Å². The molecular formula is C14H23N3O3. The van der Waals surface area contributed by atoms with Crippen LogP contribution in [0.2, 0.25) is 0 Å². The van der Waals surface area contributed by atoms with E-state index in [1.807, 2.05) is 20.8 Å². The van der Waals surface area contributed by atoms with Crippen molar-refractivity contribution in [1.82, 2.24) is 15.5 Å². The molecule has 0 amide bonds. The van der Waals surface area contributed by atoms with E-state index in [4.69, 9.17) is 9.63 Å². The van der Waals surface area contributed by atoms with Crippen LogP contribution in [0.25, 0.3) is 0 Å². The summed E-state index contributed by atoms with van der Waals surface area (Å²) in [4.78, 5) is 15.4. The van der Waals surface area contributed by atoms with Crippen LogP contribution in [-0.2, 0) is 16.8 Å². The Morgan fingerprint density at radius 2 is 2.20 bits per heavy atom. The number of hydrogen-bond acceptors (Lipinski definition) is 5. The van der Waals surface area contributed by atoms with Crippen LogP contribution in [0.4, 0.5) is 0 Å². The number of aliphatic carboxylic acids is 1.